The van der Waals surface area contributed by atoms with Gasteiger partial charge in [-0.25, -0.2) is 0 Å². The third-order valence-electron chi connectivity index (χ3n) is 3.13. The molecule has 0 aliphatic rings. The third-order valence-corrected chi connectivity index (χ3v) is 3.13. The van der Waals surface area contributed by atoms with Crippen LogP contribution in [0.4, 0.5) is 15.8 Å². The van der Waals surface area contributed by atoms with Gasteiger partial charge in [0.1, 0.15) is 0 Å². The highest BCUT2D eigenvalue weighted by Gasteiger charge is 2.13. The summed E-state index contributed by atoms with van der Waals surface area (Å²) in [6.45, 7) is 2.63. The van der Waals surface area contributed by atoms with Gasteiger partial charge in [-0.2, -0.15) is 4.39 Å². The first kappa shape index (κ1) is 14.0. The van der Waals surface area contributed by atoms with Crippen molar-refractivity contribution in [3.05, 3.63) is 69.5 Å². The molecule has 0 fully saturated rings. The summed E-state index contributed by atoms with van der Waals surface area (Å²) in [6, 6.07) is 11.8. The Morgan fingerprint density at radius 1 is 1.20 bits per heavy atom. The van der Waals surface area contributed by atoms with Gasteiger partial charge in [-0.1, -0.05) is 31.2 Å². The van der Waals surface area contributed by atoms with Gasteiger partial charge in [0.15, 0.2) is 0 Å². The maximum atomic E-state index is 13.5. The van der Waals surface area contributed by atoms with Gasteiger partial charge in [-0.3, -0.25) is 10.1 Å². The molecule has 0 spiro atoms. The molecule has 0 saturated carbocycles. The van der Waals surface area contributed by atoms with Crippen LogP contribution in [-0.2, 0) is 13.0 Å². The van der Waals surface area contributed by atoms with Crippen molar-refractivity contribution in [2.24, 2.45) is 0 Å². The van der Waals surface area contributed by atoms with Crippen LogP contribution in [0.5, 0.6) is 0 Å². The second-order valence-corrected chi connectivity index (χ2v) is 4.40. The molecule has 2 rings (SSSR count). The van der Waals surface area contributed by atoms with Gasteiger partial charge in [0, 0.05) is 24.4 Å². The van der Waals surface area contributed by atoms with Crippen LogP contribution in [0.15, 0.2) is 42.5 Å². The van der Waals surface area contributed by atoms with Crippen molar-refractivity contribution < 1.29 is 9.31 Å². The Hall–Kier alpha value is -2.43. The summed E-state index contributed by atoms with van der Waals surface area (Å²) < 4.78 is 13.5. The molecule has 0 bridgehead atoms. The van der Waals surface area contributed by atoms with Gasteiger partial charge >= 0.3 is 5.69 Å². The molecular formula is C15H15FN2O2. The van der Waals surface area contributed by atoms with Gasteiger partial charge < -0.3 is 5.32 Å². The van der Waals surface area contributed by atoms with E-state index in [4.69, 9.17) is 0 Å². The molecule has 4 nitrogen and oxygen atoms in total. The van der Waals surface area contributed by atoms with E-state index in [1.165, 1.54) is 17.7 Å². The molecule has 0 radical (unpaired) electrons. The van der Waals surface area contributed by atoms with E-state index in [2.05, 4.69) is 12.2 Å². The molecule has 0 unspecified atom stereocenters. The van der Waals surface area contributed by atoms with Gasteiger partial charge in [-0.15, -0.1) is 0 Å². The first-order chi connectivity index (χ1) is 9.61. The maximum absolute atomic E-state index is 13.5. The lowest BCUT2D eigenvalue weighted by Gasteiger charge is -2.10. The number of rotatable bonds is 5. The molecular weight excluding hydrogens is 259 g/mol. The van der Waals surface area contributed by atoms with E-state index in [1.807, 2.05) is 24.3 Å². The largest absolute Gasteiger partial charge is 0.381 e. The van der Waals surface area contributed by atoms with Crippen LogP contribution in [0, 0.1) is 15.9 Å². The summed E-state index contributed by atoms with van der Waals surface area (Å²) in [4.78, 5) is 9.81. The lowest BCUT2D eigenvalue weighted by Crippen LogP contribution is -2.03. The minimum absolute atomic E-state index is 0.510. The van der Waals surface area contributed by atoms with E-state index in [1.54, 1.807) is 0 Å². The average Bonchev–Trinajstić information content (AvgIpc) is 2.45. The van der Waals surface area contributed by atoms with Gasteiger partial charge in [0.25, 0.3) is 0 Å². The van der Waals surface area contributed by atoms with Crippen molar-refractivity contribution in [1.82, 2.24) is 0 Å². The summed E-state index contributed by atoms with van der Waals surface area (Å²) in [7, 11) is 0. The molecule has 0 aromatic heterocycles. The highest BCUT2D eigenvalue weighted by molar-refractivity contribution is 5.50. The van der Waals surface area contributed by atoms with Crippen LogP contribution < -0.4 is 5.32 Å². The van der Waals surface area contributed by atoms with Crippen molar-refractivity contribution in [3.63, 3.8) is 0 Å². The number of nitro benzene ring substituents is 1. The van der Waals surface area contributed by atoms with E-state index in [0.717, 1.165) is 18.1 Å². The summed E-state index contributed by atoms with van der Waals surface area (Å²) in [5.41, 5.74) is 2.37. The fourth-order valence-corrected chi connectivity index (χ4v) is 2.04. The number of aryl methyl sites for hydroxylation is 1. The smallest absolute Gasteiger partial charge is 0.304 e. The minimum atomic E-state index is -0.830. The van der Waals surface area contributed by atoms with E-state index in [0.29, 0.717) is 12.2 Å². The fraction of sp³-hybridized carbons (Fsp3) is 0.200. The minimum Gasteiger partial charge on any atom is -0.381 e. The average molecular weight is 274 g/mol. The zero-order valence-corrected chi connectivity index (χ0v) is 11.1. The monoisotopic (exact) mass is 274 g/mol. The Labute approximate surface area is 116 Å². The molecule has 0 aliphatic carbocycles. The van der Waals surface area contributed by atoms with E-state index in [-0.39, 0.29) is 0 Å². The van der Waals surface area contributed by atoms with Crippen LogP contribution in [0.2, 0.25) is 0 Å². The number of anilines is 1. The standard InChI is InChI=1S/C15H15FN2O2/c1-2-11-5-3-4-6-12(11)10-17-13-7-8-15(18(19)20)14(16)9-13/h3-9,17H,2,10H2,1H3. The van der Waals surface area contributed by atoms with Crippen LogP contribution >= 0.6 is 0 Å². The first-order valence-corrected chi connectivity index (χ1v) is 6.36. The highest BCUT2D eigenvalue weighted by Crippen LogP contribution is 2.21. The second-order valence-electron chi connectivity index (χ2n) is 4.40. The quantitative estimate of drug-likeness (QED) is 0.664. The second kappa shape index (κ2) is 6.14. The van der Waals surface area contributed by atoms with Crippen LogP contribution in [-0.4, -0.2) is 4.92 Å². The molecule has 0 atom stereocenters. The summed E-state index contributed by atoms with van der Waals surface area (Å²) in [6.07, 6.45) is 0.923. The van der Waals surface area contributed by atoms with Crippen LogP contribution in [0.1, 0.15) is 18.1 Å². The Kier molecular flexibility index (Phi) is 4.30. The normalized spacial score (nSPS) is 10.3. The van der Waals surface area contributed by atoms with E-state index < -0.39 is 16.4 Å². The molecule has 0 amide bonds. The third kappa shape index (κ3) is 3.12. The molecule has 0 aliphatic heterocycles. The fourth-order valence-electron chi connectivity index (χ4n) is 2.04. The first-order valence-electron chi connectivity index (χ1n) is 6.36. The van der Waals surface area contributed by atoms with Gasteiger partial charge in [-0.05, 0) is 23.6 Å². The summed E-state index contributed by atoms with van der Waals surface area (Å²) in [5.74, 6) is -0.830. The van der Waals surface area contributed by atoms with Crippen LogP contribution in [0.25, 0.3) is 0 Å². The number of benzene rings is 2. The molecule has 2 aromatic carbocycles. The number of hydrogen-bond donors (Lipinski definition) is 1. The molecule has 104 valence electrons. The molecule has 5 heteroatoms. The molecule has 20 heavy (non-hydrogen) atoms. The molecule has 2 aromatic rings. The van der Waals surface area contributed by atoms with Crippen molar-refractivity contribution in [2.45, 2.75) is 19.9 Å². The predicted molar refractivity (Wildman–Crippen MR) is 76.2 cm³/mol. The van der Waals surface area contributed by atoms with Gasteiger partial charge in [0.2, 0.25) is 5.82 Å². The molecule has 0 saturated heterocycles. The summed E-state index contributed by atoms with van der Waals surface area (Å²) in [5, 5.41) is 13.6. The van der Waals surface area contributed by atoms with Gasteiger partial charge in [0.05, 0.1) is 4.92 Å². The molecule has 0 heterocycles. The topological polar surface area (TPSA) is 55.2 Å². The van der Waals surface area contributed by atoms with Crippen molar-refractivity contribution in [3.8, 4) is 0 Å². The Bertz CT molecular complexity index is 629. The van der Waals surface area contributed by atoms with Crippen molar-refractivity contribution >= 4 is 11.4 Å². The Morgan fingerprint density at radius 3 is 2.50 bits per heavy atom. The SMILES string of the molecule is CCc1ccccc1CNc1ccc([N+](=O)[O-])c(F)c1. The lowest BCUT2D eigenvalue weighted by molar-refractivity contribution is -0.387. The number of nitrogens with one attached hydrogen (secondary N) is 1. The Morgan fingerprint density at radius 2 is 1.90 bits per heavy atom. The maximum Gasteiger partial charge on any atom is 0.304 e. The van der Waals surface area contributed by atoms with Crippen LogP contribution in [0.3, 0.4) is 0 Å². The van der Waals surface area contributed by atoms with E-state index >= 15 is 0 Å². The number of halogens is 1. The molecule has 1 N–H and O–H groups in total. The van der Waals surface area contributed by atoms with E-state index in [9.17, 15) is 14.5 Å². The zero-order chi connectivity index (χ0) is 14.5. The predicted octanol–water partition coefficient (Wildman–Crippen LogP) is 3.91. The Balaban J connectivity index is 2.11. The van der Waals surface area contributed by atoms with Crippen molar-refractivity contribution in [1.29, 1.82) is 0 Å². The number of hydrogen-bond acceptors (Lipinski definition) is 3. The number of nitro groups is 1. The summed E-state index contributed by atoms with van der Waals surface area (Å²) >= 11 is 0. The number of nitrogens with zero attached hydrogens (tertiary/aromatic N) is 1. The highest BCUT2D eigenvalue weighted by atomic mass is 19.1. The zero-order valence-electron chi connectivity index (χ0n) is 11.1. The van der Waals surface area contributed by atoms with Crippen molar-refractivity contribution in [2.75, 3.05) is 5.32 Å². The lowest BCUT2D eigenvalue weighted by atomic mass is 10.1.